The third kappa shape index (κ3) is 3.81. The van der Waals surface area contributed by atoms with E-state index in [4.69, 9.17) is 10.00 Å². The smallest absolute Gasteiger partial charge is 0.247 e. The molecule has 0 spiro atoms. The molecule has 0 saturated carbocycles. The Morgan fingerprint density at radius 3 is 2.38 bits per heavy atom. The van der Waals surface area contributed by atoms with E-state index in [0.29, 0.717) is 11.4 Å². The maximum absolute atomic E-state index is 13.4. The first-order chi connectivity index (χ1) is 14.1. The molecule has 146 valence electrons. The quantitative estimate of drug-likeness (QED) is 0.696. The average molecular weight is 405 g/mol. The van der Waals surface area contributed by atoms with Crippen LogP contribution >= 0.6 is 0 Å². The summed E-state index contributed by atoms with van der Waals surface area (Å²) in [6.45, 7) is 0.199. The number of nitrogens with one attached hydrogen (secondary N) is 1. The SMILES string of the molecule is N#CCOc1ccc([C@H]2Nc3ccccc3S(=O)(=O)N2Cc2ccccc2)cc1. The molecular weight excluding hydrogens is 386 g/mol. The van der Waals surface area contributed by atoms with Crippen LogP contribution < -0.4 is 10.1 Å². The van der Waals surface area contributed by atoms with Gasteiger partial charge in [-0.25, -0.2) is 8.42 Å². The first-order valence-electron chi connectivity index (χ1n) is 9.10. The standard InChI is InChI=1S/C22H19N3O3S/c23-14-15-28-19-12-10-18(11-13-19)22-24-20-8-4-5-9-21(20)29(26,27)25(22)16-17-6-2-1-3-7-17/h1-13,22,24H,15-16H2/t22-/m0/s1. The summed E-state index contributed by atoms with van der Waals surface area (Å²) < 4.78 is 33.6. The van der Waals surface area contributed by atoms with Gasteiger partial charge >= 0.3 is 0 Å². The number of nitrogens with zero attached hydrogens (tertiary/aromatic N) is 2. The molecule has 29 heavy (non-hydrogen) atoms. The molecule has 1 aliphatic heterocycles. The average Bonchev–Trinajstić information content (AvgIpc) is 2.75. The van der Waals surface area contributed by atoms with Crippen LogP contribution in [-0.4, -0.2) is 19.3 Å². The highest BCUT2D eigenvalue weighted by atomic mass is 32.2. The van der Waals surface area contributed by atoms with Gasteiger partial charge in [-0.15, -0.1) is 0 Å². The van der Waals surface area contributed by atoms with Crippen molar-refractivity contribution < 1.29 is 13.2 Å². The molecule has 0 aliphatic carbocycles. The molecule has 1 heterocycles. The fourth-order valence-corrected chi connectivity index (χ4v) is 5.03. The lowest BCUT2D eigenvalue weighted by Crippen LogP contribution is -2.42. The number of sulfonamides is 1. The molecule has 7 heteroatoms. The van der Waals surface area contributed by atoms with E-state index in [1.165, 1.54) is 4.31 Å². The Kier molecular flexibility index (Phi) is 5.21. The zero-order valence-corrected chi connectivity index (χ0v) is 16.3. The highest BCUT2D eigenvalue weighted by Crippen LogP contribution is 2.39. The van der Waals surface area contributed by atoms with Crippen molar-refractivity contribution in [2.24, 2.45) is 0 Å². The largest absolute Gasteiger partial charge is 0.479 e. The fourth-order valence-electron chi connectivity index (χ4n) is 3.35. The van der Waals surface area contributed by atoms with E-state index in [9.17, 15) is 8.42 Å². The Morgan fingerprint density at radius 1 is 0.966 bits per heavy atom. The second kappa shape index (κ2) is 7.95. The summed E-state index contributed by atoms with van der Waals surface area (Å²) in [5.41, 5.74) is 2.26. The van der Waals surface area contributed by atoms with Gasteiger partial charge in [0.05, 0.1) is 5.69 Å². The molecule has 0 saturated heterocycles. The predicted molar refractivity (Wildman–Crippen MR) is 110 cm³/mol. The lowest BCUT2D eigenvalue weighted by atomic mass is 10.1. The maximum Gasteiger partial charge on any atom is 0.247 e. The lowest BCUT2D eigenvalue weighted by molar-refractivity contribution is 0.335. The number of hydrogen-bond acceptors (Lipinski definition) is 5. The molecule has 0 amide bonds. The number of fused-ring (bicyclic) bond motifs is 1. The van der Waals surface area contributed by atoms with E-state index in [-0.39, 0.29) is 18.0 Å². The van der Waals surface area contributed by atoms with Crippen LogP contribution in [-0.2, 0) is 16.6 Å². The Labute approximate surface area is 170 Å². The van der Waals surface area contributed by atoms with Crippen LogP contribution in [0.4, 0.5) is 5.69 Å². The van der Waals surface area contributed by atoms with Gasteiger partial charge in [0.15, 0.2) is 6.61 Å². The van der Waals surface area contributed by atoms with Crippen molar-refractivity contribution >= 4 is 15.7 Å². The highest BCUT2D eigenvalue weighted by molar-refractivity contribution is 7.89. The van der Waals surface area contributed by atoms with Crippen LogP contribution in [0.15, 0.2) is 83.8 Å². The predicted octanol–water partition coefficient (Wildman–Crippen LogP) is 3.90. The summed E-state index contributed by atoms with van der Waals surface area (Å²) in [5.74, 6) is 0.559. The summed E-state index contributed by atoms with van der Waals surface area (Å²) in [7, 11) is -3.71. The lowest BCUT2D eigenvalue weighted by Gasteiger charge is -2.37. The van der Waals surface area contributed by atoms with E-state index >= 15 is 0 Å². The summed E-state index contributed by atoms with van der Waals surface area (Å²) in [6, 6.07) is 25.4. The minimum atomic E-state index is -3.71. The zero-order chi connectivity index (χ0) is 20.3. The van der Waals surface area contributed by atoms with Gasteiger partial charge in [0.1, 0.15) is 22.9 Å². The number of anilines is 1. The molecule has 1 aliphatic rings. The number of rotatable bonds is 5. The van der Waals surface area contributed by atoms with Crippen molar-refractivity contribution in [3.8, 4) is 11.8 Å². The van der Waals surface area contributed by atoms with E-state index < -0.39 is 16.2 Å². The van der Waals surface area contributed by atoms with Crippen LogP contribution in [0.3, 0.4) is 0 Å². The normalized spacial score (nSPS) is 17.6. The van der Waals surface area contributed by atoms with Crippen molar-refractivity contribution in [1.82, 2.24) is 4.31 Å². The fraction of sp³-hybridized carbons (Fsp3) is 0.136. The summed E-state index contributed by atoms with van der Waals surface area (Å²) in [5, 5.41) is 12.0. The molecule has 3 aromatic carbocycles. The Morgan fingerprint density at radius 2 is 1.66 bits per heavy atom. The van der Waals surface area contributed by atoms with Crippen molar-refractivity contribution in [2.75, 3.05) is 11.9 Å². The van der Waals surface area contributed by atoms with E-state index in [0.717, 1.165) is 11.1 Å². The second-order valence-corrected chi connectivity index (χ2v) is 8.45. The molecular formula is C22H19N3O3S. The minimum absolute atomic E-state index is 0.0388. The number of nitriles is 1. The molecule has 4 rings (SSSR count). The van der Waals surface area contributed by atoms with Crippen LogP contribution in [0.25, 0.3) is 0 Å². The maximum atomic E-state index is 13.4. The topological polar surface area (TPSA) is 82.4 Å². The second-order valence-electron chi connectivity index (χ2n) is 6.59. The third-order valence-corrected chi connectivity index (χ3v) is 6.60. The first-order valence-corrected chi connectivity index (χ1v) is 10.5. The monoisotopic (exact) mass is 405 g/mol. The summed E-state index contributed by atoms with van der Waals surface area (Å²) in [6.07, 6.45) is -0.569. The van der Waals surface area contributed by atoms with Crippen LogP contribution in [0.1, 0.15) is 17.3 Å². The van der Waals surface area contributed by atoms with Gasteiger partial charge in [0, 0.05) is 6.54 Å². The summed E-state index contributed by atoms with van der Waals surface area (Å²) in [4.78, 5) is 0.265. The molecule has 3 aromatic rings. The van der Waals surface area contributed by atoms with E-state index in [2.05, 4.69) is 5.32 Å². The van der Waals surface area contributed by atoms with Gasteiger partial charge in [-0.05, 0) is 35.4 Å². The summed E-state index contributed by atoms with van der Waals surface area (Å²) >= 11 is 0. The van der Waals surface area contributed by atoms with Crippen molar-refractivity contribution in [2.45, 2.75) is 17.6 Å². The Balaban J connectivity index is 1.74. The highest BCUT2D eigenvalue weighted by Gasteiger charge is 2.38. The van der Waals surface area contributed by atoms with Gasteiger partial charge in [0.25, 0.3) is 0 Å². The Bertz CT molecular complexity index is 1140. The van der Waals surface area contributed by atoms with Gasteiger partial charge < -0.3 is 10.1 Å². The number of benzene rings is 3. The molecule has 0 unspecified atom stereocenters. The molecule has 0 aromatic heterocycles. The van der Waals surface area contributed by atoms with Crippen LogP contribution in [0.5, 0.6) is 5.75 Å². The van der Waals surface area contributed by atoms with Crippen LogP contribution in [0.2, 0.25) is 0 Å². The van der Waals surface area contributed by atoms with Gasteiger partial charge in [-0.3, -0.25) is 0 Å². The molecule has 0 bridgehead atoms. The van der Waals surface area contributed by atoms with Crippen molar-refractivity contribution in [3.63, 3.8) is 0 Å². The molecule has 1 atom stereocenters. The molecule has 6 nitrogen and oxygen atoms in total. The molecule has 0 radical (unpaired) electrons. The number of para-hydroxylation sites is 1. The van der Waals surface area contributed by atoms with E-state index in [1.807, 2.05) is 54.6 Å². The van der Waals surface area contributed by atoms with Gasteiger partial charge in [0.2, 0.25) is 10.0 Å². The van der Waals surface area contributed by atoms with Gasteiger partial charge in [-0.1, -0.05) is 54.6 Å². The third-order valence-electron chi connectivity index (χ3n) is 4.73. The number of hydrogen-bond donors (Lipinski definition) is 1. The first kappa shape index (κ1) is 19.0. The zero-order valence-electron chi connectivity index (χ0n) is 15.5. The van der Waals surface area contributed by atoms with Gasteiger partial charge in [-0.2, -0.15) is 9.57 Å². The van der Waals surface area contributed by atoms with Crippen LogP contribution in [0, 0.1) is 11.3 Å². The van der Waals surface area contributed by atoms with E-state index in [1.54, 1.807) is 30.3 Å². The minimum Gasteiger partial charge on any atom is -0.479 e. The number of ether oxygens (including phenoxy) is 1. The molecule has 1 N–H and O–H groups in total. The molecule has 0 fully saturated rings. The van der Waals surface area contributed by atoms with Crippen molar-refractivity contribution in [3.05, 3.63) is 90.0 Å². The van der Waals surface area contributed by atoms with Crippen molar-refractivity contribution in [1.29, 1.82) is 5.26 Å². The Hall–Kier alpha value is -3.34.